The van der Waals surface area contributed by atoms with E-state index in [1.165, 1.54) is 0 Å². The molecular weight excluding hydrogens is 370 g/mol. The van der Waals surface area contributed by atoms with Gasteiger partial charge in [-0.1, -0.05) is 29.4 Å². The predicted molar refractivity (Wildman–Crippen MR) is 107 cm³/mol. The van der Waals surface area contributed by atoms with E-state index in [-0.39, 0.29) is 11.8 Å². The van der Waals surface area contributed by atoms with Gasteiger partial charge in [-0.05, 0) is 36.8 Å². The topological polar surface area (TPSA) is 77.7 Å². The second-order valence-corrected chi connectivity index (χ2v) is 6.94. The van der Waals surface area contributed by atoms with Crippen LogP contribution >= 0.6 is 0 Å². The van der Waals surface area contributed by atoms with E-state index in [0.717, 1.165) is 22.6 Å². The summed E-state index contributed by atoms with van der Waals surface area (Å²) in [5.74, 6) is 2.50. The van der Waals surface area contributed by atoms with Crippen molar-refractivity contribution in [2.45, 2.75) is 25.8 Å². The van der Waals surface area contributed by atoms with E-state index in [1.807, 2.05) is 60.4 Å². The van der Waals surface area contributed by atoms with E-state index < -0.39 is 0 Å². The van der Waals surface area contributed by atoms with Gasteiger partial charge in [0, 0.05) is 25.1 Å². The molecule has 0 aliphatic carbocycles. The fourth-order valence-electron chi connectivity index (χ4n) is 3.49. The summed E-state index contributed by atoms with van der Waals surface area (Å²) in [4.78, 5) is 18.9. The van der Waals surface area contributed by atoms with Crippen LogP contribution in [0.3, 0.4) is 0 Å². The fraction of sp³-hybridized carbons (Fsp3) is 0.318. The molecule has 2 aromatic carbocycles. The van der Waals surface area contributed by atoms with Gasteiger partial charge in [-0.3, -0.25) is 4.79 Å². The molecule has 1 saturated heterocycles. The Balaban J connectivity index is 1.46. The van der Waals surface area contributed by atoms with Crippen LogP contribution in [0.1, 0.15) is 30.7 Å². The summed E-state index contributed by atoms with van der Waals surface area (Å²) in [6, 6.07) is 15.3. The Morgan fingerprint density at radius 1 is 1.17 bits per heavy atom. The lowest BCUT2D eigenvalue weighted by Gasteiger charge is -2.16. The maximum Gasteiger partial charge on any atom is 0.232 e. The highest BCUT2D eigenvalue weighted by molar-refractivity contribution is 5.79. The molecule has 2 heterocycles. The van der Waals surface area contributed by atoms with Crippen molar-refractivity contribution in [3.05, 3.63) is 60.0 Å². The minimum absolute atomic E-state index is 0.0795. The molecule has 1 fully saturated rings. The highest BCUT2D eigenvalue weighted by atomic mass is 16.5. The standard InChI is InChI=1S/C22H23N3O4/c1-3-28-19-9-5-7-16(11-19)21-23-22(29-24-21)17-12-20(26)25(14-17)13-15-6-4-8-18(10-15)27-2/h4-11,17H,3,12-14H2,1-2H3. The van der Waals surface area contributed by atoms with Crippen molar-refractivity contribution in [1.29, 1.82) is 0 Å². The Hall–Kier alpha value is -3.35. The third-order valence-electron chi connectivity index (χ3n) is 4.92. The second kappa shape index (κ2) is 8.34. The maximum atomic E-state index is 12.5. The number of likely N-dealkylation sites (tertiary alicyclic amines) is 1. The van der Waals surface area contributed by atoms with Crippen LogP contribution in [0.25, 0.3) is 11.4 Å². The lowest BCUT2D eigenvalue weighted by molar-refractivity contribution is -0.128. The Morgan fingerprint density at radius 3 is 2.83 bits per heavy atom. The number of carbonyl (C=O) groups excluding carboxylic acids is 1. The van der Waals surface area contributed by atoms with E-state index in [0.29, 0.717) is 37.8 Å². The van der Waals surface area contributed by atoms with Crippen LogP contribution in [0.5, 0.6) is 11.5 Å². The monoisotopic (exact) mass is 393 g/mol. The SMILES string of the molecule is CCOc1cccc(-c2noc(C3CC(=O)N(Cc4cccc(OC)c4)C3)n2)c1. The number of rotatable bonds is 7. The molecule has 0 radical (unpaired) electrons. The highest BCUT2D eigenvalue weighted by Crippen LogP contribution is 2.30. The maximum absolute atomic E-state index is 12.5. The molecule has 150 valence electrons. The first-order valence-corrected chi connectivity index (χ1v) is 9.63. The summed E-state index contributed by atoms with van der Waals surface area (Å²) >= 11 is 0. The summed E-state index contributed by atoms with van der Waals surface area (Å²) in [6.45, 7) is 3.61. The van der Waals surface area contributed by atoms with Gasteiger partial charge in [-0.15, -0.1) is 0 Å². The number of ether oxygens (including phenoxy) is 2. The number of hydrogen-bond donors (Lipinski definition) is 0. The Bertz CT molecular complexity index is 1000. The zero-order chi connectivity index (χ0) is 20.2. The average molecular weight is 393 g/mol. The molecule has 1 aliphatic heterocycles. The van der Waals surface area contributed by atoms with Crippen molar-refractivity contribution in [1.82, 2.24) is 15.0 Å². The zero-order valence-electron chi connectivity index (χ0n) is 16.5. The number of carbonyl (C=O) groups is 1. The molecule has 7 nitrogen and oxygen atoms in total. The van der Waals surface area contributed by atoms with Gasteiger partial charge in [0.25, 0.3) is 0 Å². The van der Waals surface area contributed by atoms with E-state index in [2.05, 4.69) is 10.1 Å². The van der Waals surface area contributed by atoms with E-state index in [4.69, 9.17) is 14.0 Å². The van der Waals surface area contributed by atoms with Crippen LogP contribution in [-0.4, -0.2) is 41.2 Å². The molecule has 1 unspecified atom stereocenters. The van der Waals surface area contributed by atoms with Gasteiger partial charge in [-0.2, -0.15) is 4.98 Å². The van der Waals surface area contributed by atoms with Gasteiger partial charge in [0.1, 0.15) is 11.5 Å². The largest absolute Gasteiger partial charge is 0.497 e. The minimum atomic E-state index is -0.107. The molecule has 4 rings (SSSR count). The summed E-state index contributed by atoms with van der Waals surface area (Å²) in [5.41, 5.74) is 1.85. The molecule has 1 aromatic heterocycles. The normalized spacial score (nSPS) is 16.3. The molecule has 7 heteroatoms. The minimum Gasteiger partial charge on any atom is -0.497 e. The van der Waals surface area contributed by atoms with E-state index >= 15 is 0 Å². The van der Waals surface area contributed by atoms with Crippen molar-refractivity contribution in [3.63, 3.8) is 0 Å². The first-order chi connectivity index (χ1) is 14.2. The van der Waals surface area contributed by atoms with Crippen LogP contribution in [0, 0.1) is 0 Å². The highest BCUT2D eigenvalue weighted by Gasteiger charge is 2.34. The molecule has 1 aliphatic rings. The molecule has 29 heavy (non-hydrogen) atoms. The Morgan fingerprint density at radius 2 is 2.00 bits per heavy atom. The van der Waals surface area contributed by atoms with Crippen molar-refractivity contribution in [3.8, 4) is 22.9 Å². The van der Waals surface area contributed by atoms with Crippen LogP contribution in [-0.2, 0) is 11.3 Å². The molecule has 3 aromatic rings. The first-order valence-electron chi connectivity index (χ1n) is 9.63. The molecular formula is C22H23N3O4. The summed E-state index contributed by atoms with van der Waals surface area (Å²) in [6.07, 6.45) is 0.366. The van der Waals surface area contributed by atoms with Crippen molar-refractivity contribution >= 4 is 5.91 Å². The molecule has 0 bridgehead atoms. The number of aromatic nitrogens is 2. The van der Waals surface area contributed by atoms with Crippen LogP contribution in [0.4, 0.5) is 0 Å². The third-order valence-corrected chi connectivity index (χ3v) is 4.92. The summed E-state index contributed by atoms with van der Waals surface area (Å²) < 4.78 is 16.3. The van der Waals surface area contributed by atoms with Gasteiger partial charge < -0.3 is 18.9 Å². The Kier molecular flexibility index (Phi) is 5.46. The molecule has 0 N–H and O–H groups in total. The quantitative estimate of drug-likeness (QED) is 0.610. The van der Waals surface area contributed by atoms with Crippen molar-refractivity contribution < 1.29 is 18.8 Å². The first kappa shape index (κ1) is 19.0. The zero-order valence-corrected chi connectivity index (χ0v) is 16.5. The predicted octanol–water partition coefficient (Wildman–Crippen LogP) is 3.66. The number of hydrogen-bond acceptors (Lipinski definition) is 6. The molecule has 1 atom stereocenters. The summed E-state index contributed by atoms with van der Waals surface area (Å²) in [5, 5.41) is 4.10. The number of nitrogens with zero attached hydrogens (tertiary/aromatic N) is 3. The molecule has 0 saturated carbocycles. The van der Waals surface area contributed by atoms with Gasteiger partial charge >= 0.3 is 0 Å². The van der Waals surface area contributed by atoms with Crippen LogP contribution in [0.2, 0.25) is 0 Å². The molecule has 0 spiro atoms. The Labute approximate surface area is 169 Å². The van der Waals surface area contributed by atoms with Crippen LogP contribution < -0.4 is 9.47 Å². The fourth-order valence-corrected chi connectivity index (χ4v) is 3.49. The lowest BCUT2D eigenvalue weighted by Crippen LogP contribution is -2.24. The average Bonchev–Trinajstić information content (AvgIpc) is 3.36. The van der Waals surface area contributed by atoms with Crippen LogP contribution in [0.15, 0.2) is 53.1 Å². The van der Waals surface area contributed by atoms with Gasteiger partial charge in [0.15, 0.2) is 0 Å². The lowest BCUT2D eigenvalue weighted by atomic mass is 10.1. The number of amides is 1. The van der Waals surface area contributed by atoms with Gasteiger partial charge in [0.05, 0.1) is 19.6 Å². The summed E-state index contributed by atoms with van der Waals surface area (Å²) in [7, 11) is 1.63. The van der Waals surface area contributed by atoms with E-state index in [1.54, 1.807) is 7.11 Å². The number of methoxy groups -OCH3 is 1. The van der Waals surface area contributed by atoms with Gasteiger partial charge in [0.2, 0.25) is 17.6 Å². The second-order valence-electron chi connectivity index (χ2n) is 6.94. The third kappa shape index (κ3) is 4.23. The number of benzene rings is 2. The van der Waals surface area contributed by atoms with Crippen molar-refractivity contribution in [2.24, 2.45) is 0 Å². The van der Waals surface area contributed by atoms with Crippen molar-refractivity contribution in [2.75, 3.05) is 20.3 Å². The van der Waals surface area contributed by atoms with Gasteiger partial charge in [-0.25, -0.2) is 0 Å². The van der Waals surface area contributed by atoms with E-state index in [9.17, 15) is 4.79 Å². The molecule has 1 amide bonds. The smallest absolute Gasteiger partial charge is 0.232 e.